The van der Waals surface area contributed by atoms with Gasteiger partial charge in [-0.2, -0.15) is 0 Å². The predicted octanol–water partition coefficient (Wildman–Crippen LogP) is 1.98. The molecule has 0 radical (unpaired) electrons. The third-order valence-corrected chi connectivity index (χ3v) is 4.58. The van der Waals surface area contributed by atoms with Crippen LogP contribution in [0.1, 0.15) is 34.1 Å². The lowest BCUT2D eigenvalue weighted by atomic mass is 9.93. The van der Waals surface area contributed by atoms with Crippen molar-refractivity contribution in [2.75, 3.05) is 32.8 Å². The second kappa shape index (κ2) is 6.36. The van der Waals surface area contributed by atoms with Crippen molar-refractivity contribution in [3.8, 4) is 0 Å². The first-order valence-electron chi connectivity index (χ1n) is 7.63. The van der Waals surface area contributed by atoms with Gasteiger partial charge in [-0.15, -0.1) is 0 Å². The number of hydrogen-bond donors (Lipinski definition) is 1. The van der Waals surface area contributed by atoms with Gasteiger partial charge in [0.2, 0.25) is 0 Å². The number of nitrogens with zero attached hydrogens (tertiary/aromatic N) is 1. The van der Waals surface area contributed by atoms with Gasteiger partial charge >= 0.3 is 0 Å². The van der Waals surface area contributed by atoms with Crippen molar-refractivity contribution in [1.82, 2.24) is 10.2 Å². The Morgan fingerprint density at radius 1 is 1.22 bits per heavy atom. The van der Waals surface area contributed by atoms with Crippen molar-refractivity contribution in [2.45, 2.75) is 46.2 Å². The Bertz CT molecular complexity index is 247. The third-order valence-electron chi connectivity index (χ3n) is 4.58. The summed E-state index contributed by atoms with van der Waals surface area (Å²) >= 11 is 0. The number of ether oxygens (including phenoxy) is 1. The van der Waals surface area contributed by atoms with Crippen molar-refractivity contribution in [3.05, 3.63) is 0 Å². The Morgan fingerprint density at radius 2 is 2.00 bits per heavy atom. The number of piperazine rings is 1. The molecule has 0 saturated carbocycles. The minimum atomic E-state index is 0.655. The Labute approximate surface area is 112 Å². The molecule has 2 heterocycles. The summed E-state index contributed by atoms with van der Waals surface area (Å²) in [6.45, 7) is 14.9. The molecule has 3 unspecified atom stereocenters. The molecule has 2 aliphatic rings. The van der Waals surface area contributed by atoms with Gasteiger partial charge in [-0.3, -0.25) is 4.90 Å². The van der Waals surface area contributed by atoms with E-state index in [1.54, 1.807) is 0 Å². The highest BCUT2D eigenvalue weighted by Gasteiger charge is 2.32. The predicted molar refractivity (Wildman–Crippen MR) is 75.8 cm³/mol. The molecule has 0 amide bonds. The smallest absolute Gasteiger partial charge is 0.0507 e. The number of nitrogens with one attached hydrogen (secondary N) is 1. The van der Waals surface area contributed by atoms with Crippen LogP contribution >= 0.6 is 0 Å². The van der Waals surface area contributed by atoms with Crippen LogP contribution in [0.4, 0.5) is 0 Å². The zero-order chi connectivity index (χ0) is 13.1. The molecule has 0 aliphatic carbocycles. The van der Waals surface area contributed by atoms with E-state index in [0.29, 0.717) is 12.1 Å². The maximum atomic E-state index is 5.53. The van der Waals surface area contributed by atoms with Crippen LogP contribution in [0.2, 0.25) is 0 Å². The fraction of sp³-hybridized carbons (Fsp3) is 1.00. The largest absolute Gasteiger partial charge is 0.381 e. The zero-order valence-electron chi connectivity index (χ0n) is 12.5. The molecule has 0 aromatic rings. The minimum Gasteiger partial charge on any atom is -0.381 e. The molecule has 3 atom stereocenters. The molecular weight excluding hydrogens is 224 g/mol. The number of hydrogen-bond acceptors (Lipinski definition) is 3. The van der Waals surface area contributed by atoms with Crippen LogP contribution in [0, 0.1) is 17.8 Å². The monoisotopic (exact) mass is 254 g/mol. The van der Waals surface area contributed by atoms with Crippen LogP contribution in [-0.4, -0.2) is 49.8 Å². The molecule has 2 saturated heterocycles. The maximum absolute atomic E-state index is 5.53. The van der Waals surface area contributed by atoms with Crippen LogP contribution in [0.25, 0.3) is 0 Å². The van der Waals surface area contributed by atoms with Gasteiger partial charge in [-0.25, -0.2) is 0 Å². The maximum Gasteiger partial charge on any atom is 0.0507 e. The van der Waals surface area contributed by atoms with E-state index in [-0.39, 0.29) is 0 Å². The van der Waals surface area contributed by atoms with E-state index in [9.17, 15) is 0 Å². The summed E-state index contributed by atoms with van der Waals surface area (Å²) in [6.07, 6.45) is 1.25. The summed E-state index contributed by atoms with van der Waals surface area (Å²) in [5, 5.41) is 3.73. The highest BCUT2D eigenvalue weighted by Crippen LogP contribution is 2.22. The molecule has 3 nitrogen and oxygen atoms in total. The van der Waals surface area contributed by atoms with E-state index in [0.717, 1.165) is 37.5 Å². The molecule has 2 rings (SSSR count). The average Bonchev–Trinajstić information content (AvgIpc) is 2.81. The summed E-state index contributed by atoms with van der Waals surface area (Å²) in [5.41, 5.74) is 0. The Kier molecular flexibility index (Phi) is 5.05. The van der Waals surface area contributed by atoms with Gasteiger partial charge in [-0.05, 0) is 24.2 Å². The molecule has 0 spiro atoms. The standard InChI is InChI=1S/C15H30N2O/c1-11(2)14-9-17(8-13-5-6-18-10-13)15(7-16-14)12(3)4/h11-16H,5-10H2,1-4H3. The molecule has 0 aromatic heterocycles. The second-order valence-electron chi connectivity index (χ2n) is 6.75. The molecule has 106 valence electrons. The topological polar surface area (TPSA) is 24.5 Å². The average molecular weight is 254 g/mol. The quantitative estimate of drug-likeness (QED) is 0.830. The van der Waals surface area contributed by atoms with Crippen LogP contribution < -0.4 is 5.32 Å². The van der Waals surface area contributed by atoms with E-state index in [1.165, 1.54) is 19.5 Å². The van der Waals surface area contributed by atoms with E-state index < -0.39 is 0 Å². The summed E-state index contributed by atoms with van der Waals surface area (Å²) in [7, 11) is 0. The van der Waals surface area contributed by atoms with Gasteiger partial charge in [-0.1, -0.05) is 27.7 Å². The molecule has 2 fully saturated rings. The second-order valence-corrected chi connectivity index (χ2v) is 6.75. The highest BCUT2D eigenvalue weighted by molar-refractivity contribution is 4.90. The summed E-state index contributed by atoms with van der Waals surface area (Å²) in [6, 6.07) is 1.35. The van der Waals surface area contributed by atoms with Crippen molar-refractivity contribution in [3.63, 3.8) is 0 Å². The van der Waals surface area contributed by atoms with E-state index in [1.807, 2.05) is 0 Å². The van der Waals surface area contributed by atoms with Crippen molar-refractivity contribution in [1.29, 1.82) is 0 Å². The normalized spacial score (nSPS) is 34.7. The Balaban J connectivity index is 1.95. The first-order valence-corrected chi connectivity index (χ1v) is 7.63. The lowest BCUT2D eigenvalue weighted by Gasteiger charge is -2.44. The van der Waals surface area contributed by atoms with E-state index >= 15 is 0 Å². The lowest BCUT2D eigenvalue weighted by Crippen LogP contribution is -2.60. The van der Waals surface area contributed by atoms with Gasteiger partial charge in [0.1, 0.15) is 0 Å². The molecular formula is C15H30N2O. The summed E-state index contributed by atoms with van der Waals surface area (Å²) in [4.78, 5) is 2.73. The van der Waals surface area contributed by atoms with Crippen LogP contribution in [-0.2, 0) is 4.74 Å². The van der Waals surface area contributed by atoms with Crippen LogP contribution in [0.3, 0.4) is 0 Å². The first kappa shape index (κ1) is 14.3. The fourth-order valence-electron chi connectivity index (χ4n) is 3.23. The highest BCUT2D eigenvalue weighted by atomic mass is 16.5. The van der Waals surface area contributed by atoms with E-state index in [2.05, 4.69) is 37.9 Å². The minimum absolute atomic E-state index is 0.655. The summed E-state index contributed by atoms with van der Waals surface area (Å²) < 4.78 is 5.53. The van der Waals surface area contributed by atoms with Crippen molar-refractivity contribution in [2.24, 2.45) is 17.8 Å². The number of rotatable bonds is 4. The molecule has 0 bridgehead atoms. The SMILES string of the molecule is CC(C)C1CN(CC2CCOC2)C(C(C)C)CN1. The lowest BCUT2D eigenvalue weighted by molar-refractivity contribution is 0.0664. The van der Waals surface area contributed by atoms with E-state index in [4.69, 9.17) is 4.74 Å². The van der Waals surface area contributed by atoms with Crippen LogP contribution in [0.5, 0.6) is 0 Å². The first-order chi connectivity index (χ1) is 8.58. The Morgan fingerprint density at radius 3 is 2.56 bits per heavy atom. The van der Waals surface area contributed by atoms with Crippen LogP contribution in [0.15, 0.2) is 0 Å². The third kappa shape index (κ3) is 3.46. The molecule has 18 heavy (non-hydrogen) atoms. The van der Waals surface area contributed by atoms with Gasteiger partial charge < -0.3 is 10.1 Å². The van der Waals surface area contributed by atoms with Gasteiger partial charge in [0.05, 0.1) is 6.61 Å². The molecule has 3 heteroatoms. The molecule has 0 aromatic carbocycles. The van der Waals surface area contributed by atoms with Gasteiger partial charge in [0.15, 0.2) is 0 Å². The summed E-state index contributed by atoms with van der Waals surface area (Å²) in [5.74, 6) is 2.21. The zero-order valence-corrected chi connectivity index (χ0v) is 12.5. The van der Waals surface area contributed by atoms with Crippen molar-refractivity contribution < 1.29 is 4.74 Å². The van der Waals surface area contributed by atoms with Gasteiger partial charge in [0, 0.05) is 38.3 Å². The molecule has 2 aliphatic heterocycles. The fourth-order valence-corrected chi connectivity index (χ4v) is 3.23. The van der Waals surface area contributed by atoms with Gasteiger partial charge in [0.25, 0.3) is 0 Å². The Hall–Kier alpha value is -0.120. The van der Waals surface area contributed by atoms with Crippen molar-refractivity contribution >= 4 is 0 Å². The molecule has 1 N–H and O–H groups in total.